The summed E-state index contributed by atoms with van der Waals surface area (Å²) in [4.78, 5) is 10.5. The molecular formula is C12H13F3O4. The van der Waals surface area contributed by atoms with Gasteiger partial charge in [0.15, 0.2) is 0 Å². The smallest absolute Gasteiger partial charge is 0.411 e. The standard InChI is InChI=1S/C12H13F3O4/c13-12(14,15)8-18-4-5-19-10-3-1-2-9(6-10)7-11(16)17/h1-3,6H,4-5,7-8H2,(H,16,17). The molecule has 0 bridgehead atoms. The van der Waals surface area contributed by atoms with E-state index < -0.39 is 18.8 Å². The Morgan fingerprint density at radius 2 is 2.00 bits per heavy atom. The van der Waals surface area contributed by atoms with Crippen molar-refractivity contribution in [3.05, 3.63) is 29.8 Å². The second kappa shape index (κ2) is 6.98. The van der Waals surface area contributed by atoms with Gasteiger partial charge in [-0.1, -0.05) is 12.1 Å². The first-order valence-electron chi connectivity index (χ1n) is 5.45. The van der Waals surface area contributed by atoms with Crippen molar-refractivity contribution in [2.75, 3.05) is 19.8 Å². The lowest BCUT2D eigenvalue weighted by Gasteiger charge is -2.09. The lowest BCUT2D eigenvalue weighted by atomic mass is 10.1. The molecule has 1 aromatic carbocycles. The van der Waals surface area contributed by atoms with Crippen LogP contribution in [0.3, 0.4) is 0 Å². The van der Waals surface area contributed by atoms with E-state index in [0.717, 1.165) is 0 Å². The highest BCUT2D eigenvalue weighted by molar-refractivity contribution is 5.70. The molecule has 0 atom stereocenters. The van der Waals surface area contributed by atoms with Crippen LogP contribution in [0.2, 0.25) is 0 Å². The normalized spacial score (nSPS) is 11.3. The number of carboxylic acids is 1. The fourth-order valence-electron chi connectivity index (χ4n) is 1.33. The Hall–Kier alpha value is -1.76. The maximum absolute atomic E-state index is 11.8. The molecular weight excluding hydrogens is 265 g/mol. The summed E-state index contributed by atoms with van der Waals surface area (Å²) in [5, 5.41) is 8.61. The number of carboxylic acid groups (broad SMARTS) is 1. The number of rotatable bonds is 7. The molecule has 0 fully saturated rings. The third-order valence-corrected chi connectivity index (χ3v) is 2.02. The van der Waals surface area contributed by atoms with Crippen LogP contribution in [-0.4, -0.2) is 37.1 Å². The third kappa shape index (κ3) is 7.30. The maximum Gasteiger partial charge on any atom is 0.411 e. The maximum atomic E-state index is 11.8. The molecule has 0 heterocycles. The van der Waals surface area contributed by atoms with Crippen molar-refractivity contribution in [2.24, 2.45) is 0 Å². The molecule has 0 radical (unpaired) electrons. The molecule has 4 nitrogen and oxygen atoms in total. The zero-order valence-electron chi connectivity index (χ0n) is 9.94. The van der Waals surface area contributed by atoms with Crippen LogP contribution in [0.15, 0.2) is 24.3 Å². The van der Waals surface area contributed by atoms with Gasteiger partial charge in [0.1, 0.15) is 19.0 Å². The predicted molar refractivity (Wildman–Crippen MR) is 60.2 cm³/mol. The molecule has 7 heteroatoms. The van der Waals surface area contributed by atoms with Crippen molar-refractivity contribution in [2.45, 2.75) is 12.6 Å². The van der Waals surface area contributed by atoms with Gasteiger partial charge < -0.3 is 14.6 Å². The number of aliphatic carboxylic acids is 1. The van der Waals surface area contributed by atoms with Crippen molar-refractivity contribution in [1.29, 1.82) is 0 Å². The zero-order valence-corrected chi connectivity index (χ0v) is 9.94. The number of benzene rings is 1. The van der Waals surface area contributed by atoms with E-state index in [-0.39, 0.29) is 19.6 Å². The van der Waals surface area contributed by atoms with Crippen molar-refractivity contribution in [3.63, 3.8) is 0 Å². The molecule has 0 amide bonds. The topological polar surface area (TPSA) is 55.8 Å². The van der Waals surface area contributed by atoms with E-state index >= 15 is 0 Å². The van der Waals surface area contributed by atoms with Crippen LogP contribution in [0.5, 0.6) is 5.75 Å². The van der Waals surface area contributed by atoms with Crippen LogP contribution in [0.25, 0.3) is 0 Å². The fraction of sp³-hybridized carbons (Fsp3) is 0.417. The lowest BCUT2D eigenvalue weighted by molar-refractivity contribution is -0.175. The molecule has 0 aliphatic rings. The van der Waals surface area contributed by atoms with Gasteiger partial charge in [-0.05, 0) is 17.7 Å². The van der Waals surface area contributed by atoms with Gasteiger partial charge >= 0.3 is 12.1 Å². The summed E-state index contributed by atoms with van der Waals surface area (Å²) in [6, 6.07) is 6.36. The van der Waals surface area contributed by atoms with Crippen LogP contribution in [-0.2, 0) is 16.0 Å². The Labute approximate surface area is 107 Å². The van der Waals surface area contributed by atoms with Gasteiger partial charge in [0.25, 0.3) is 0 Å². The Kier molecular flexibility index (Phi) is 5.62. The van der Waals surface area contributed by atoms with Gasteiger partial charge in [0.05, 0.1) is 13.0 Å². The summed E-state index contributed by atoms with van der Waals surface area (Å²) in [6.45, 7) is -1.54. The van der Waals surface area contributed by atoms with Crippen LogP contribution in [0.4, 0.5) is 13.2 Å². The SMILES string of the molecule is O=C(O)Cc1cccc(OCCOCC(F)(F)F)c1. The monoisotopic (exact) mass is 278 g/mol. The predicted octanol–water partition coefficient (Wildman–Crippen LogP) is 2.27. The van der Waals surface area contributed by atoms with Crippen molar-refractivity contribution >= 4 is 5.97 Å². The highest BCUT2D eigenvalue weighted by atomic mass is 19.4. The second-order valence-corrected chi connectivity index (χ2v) is 3.73. The third-order valence-electron chi connectivity index (χ3n) is 2.02. The minimum Gasteiger partial charge on any atom is -0.491 e. The van der Waals surface area contributed by atoms with E-state index in [0.29, 0.717) is 11.3 Å². The van der Waals surface area contributed by atoms with E-state index in [9.17, 15) is 18.0 Å². The van der Waals surface area contributed by atoms with Crippen molar-refractivity contribution < 1.29 is 32.5 Å². The number of alkyl halides is 3. The van der Waals surface area contributed by atoms with E-state index in [1.54, 1.807) is 18.2 Å². The van der Waals surface area contributed by atoms with E-state index in [1.807, 2.05) is 0 Å². The van der Waals surface area contributed by atoms with Crippen LogP contribution >= 0.6 is 0 Å². The van der Waals surface area contributed by atoms with Gasteiger partial charge in [-0.2, -0.15) is 13.2 Å². The number of halogens is 3. The van der Waals surface area contributed by atoms with E-state index in [2.05, 4.69) is 4.74 Å². The summed E-state index contributed by atoms with van der Waals surface area (Å²) >= 11 is 0. The first-order valence-corrected chi connectivity index (χ1v) is 5.45. The molecule has 0 aliphatic carbocycles. The molecule has 0 aliphatic heterocycles. The summed E-state index contributed by atoms with van der Waals surface area (Å²) in [5.74, 6) is -0.569. The Bertz CT molecular complexity index is 418. The van der Waals surface area contributed by atoms with Gasteiger partial charge in [-0.25, -0.2) is 0 Å². The van der Waals surface area contributed by atoms with Gasteiger partial charge in [0, 0.05) is 0 Å². The number of ether oxygens (including phenoxy) is 2. The Morgan fingerprint density at radius 1 is 1.26 bits per heavy atom. The number of hydrogen-bond acceptors (Lipinski definition) is 3. The quantitative estimate of drug-likeness (QED) is 0.777. The summed E-state index contributed by atoms with van der Waals surface area (Å²) in [7, 11) is 0. The minimum atomic E-state index is -4.35. The van der Waals surface area contributed by atoms with Crippen LogP contribution < -0.4 is 4.74 Å². The van der Waals surface area contributed by atoms with Crippen molar-refractivity contribution in [1.82, 2.24) is 0 Å². The molecule has 0 aromatic heterocycles. The highest BCUT2D eigenvalue weighted by Gasteiger charge is 2.27. The molecule has 1 aromatic rings. The van der Waals surface area contributed by atoms with Gasteiger partial charge in [0.2, 0.25) is 0 Å². The zero-order chi connectivity index (χ0) is 14.3. The van der Waals surface area contributed by atoms with Gasteiger partial charge in [-0.15, -0.1) is 0 Å². The molecule has 0 unspecified atom stereocenters. The van der Waals surface area contributed by atoms with Crippen LogP contribution in [0, 0.1) is 0 Å². The first-order chi connectivity index (χ1) is 8.87. The fourth-order valence-corrected chi connectivity index (χ4v) is 1.33. The molecule has 106 valence electrons. The summed E-state index contributed by atoms with van der Waals surface area (Å²) in [5.41, 5.74) is 0.557. The lowest BCUT2D eigenvalue weighted by Crippen LogP contribution is -2.19. The first kappa shape index (κ1) is 15.3. The van der Waals surface area contributed by atoms with Crippen LogP contribution in [0.1, 0.15) is 5.56 Å². The molecule has 0 spiro atoms. The highest BCUT2D eigenvalue weighted by Crippen LogP contribution is 2.15. The molecule has 0 saturated carbocycles. The minimum absolute atomic E-state index is 0.0351. The number of hydrogen-bond donors (Lipinski definition) is 1. The Balaban J connectivity index is 2.31. The largest absolute Gasteiger partial charge is 0.491 e. The average molecular weight is 278 g/mol. The number of carbonyl (C=O) groups is 1. The summed E-state index contributed by atoms with van der Waals surface area (Å²) in [6.07, 6.45) is -4.48. The molecule has 0 saturated heterocycles. The van der Waals surface area contributed by atoms with E-state index in [1.165, 1.54) is 6.07 Å². The second-order valence-electron chi connectivity index (χ2n) is 3.73. The van der Waals surface area contributed by atoms with Crippen molar-refractivity contribution in [3.8, 4) is 5.75 Å². The summed E-state index contributed by atoms with van der Waals surface area (Å²) < 4.78 is 44.8. The van der Waals surface area contributed by atoms with Gasteiger partial charge in [-0.3, -0.25) is 4.79 Å². The Morgan fingerprint density at radius 3 is 2.63 bits per heavy atom. The molecule has 1 N–H and O–H groups in total. The van der Waals surface area contributed by atoms with E-state index in [4.69, 9.17) is 9.84 Å². The molecule has 1 rings (SSSR count). The molecule has 19 heavy (non-hydrogen) atoms. The average Bonchev–Trinajstić information content (AvgIpc) is 2.26.